The van der Waals surface area contributed by atoms with Crippen LogP contribution in [0.3, 0.4) is 0 Å². The lowest BCUT2D eigenvalue weighted by atomic mass is 10.1. The number of amides is 1. The first kappa shape index (κ1) is 13.8. The van der Waals surface area contributed by atoms with Crippen molar-refractivity contribution in [2.24, 2.45) is 0 Å². The zero-order chi connectivity index (χ0) is 13.7. The van der Waals surface area contributed by atoms with Gasteiger partial charge in [0.2, 0.25) is 0 Å². The largest absolute Gasteiger partial charge is 0.506 e. The highest BCUT2D eigenvalue weighted by Crippen LogP contribution is 2.17. The van der Waals surface area contributed by atoms with Gasteiger partial charge < -0.3 is 14.7 Å². The minimum absolute atomic E-state index is 0.0154. The van der Waals surface area contributed by atoms with Gasteiger partial charge >= 0.3 is 0 Å². The Bertz CT molecular complexity index is 436. The molecule has 5 heteroatoms. The van der Waals surface area contributed by atoms with Crippen molar-refractivity contribution in [3.63, 3.8) is 0 Å². The van der Waals surface area contributed by atoms with Gasteiger partial charge in [0.15, 0.2) is 0 Å². The van der Waals surface area contributed by atoms with Crippen molar-refractivity contribution in [1.29, 1.82) is 0 Å². The molecule has 2 heterocycles. The third kappa shape index (κ3) is 3.67. The number of aromatic hydroxyl groups is 1. The molecule has 1 fully saturated rings. The summed E-state index contributed by atoms with van der Waals surface area (Å²) in [6, 6.07) is 1.45. The number of piperidine rings is 1. The molecule has 1 aromatic rings. The lowest BCUT2D eigenvalue weighted by molar-refractivity contribution is 0.00209. The van der Waals surface area contributed by atoms with E-state index in [0.717, 1.165) is 32.4 Å². The van der Waals surface area contributed by atoms with Crippen LogP contribution >= 0.6 is 0 Å². The normalized spacial score (nSPS) is 19.4. The van der Waals surface area contributed by atoms with E-state index in [2.05, 4.69) is 11.9 Å². The zero-order valence-electron chi connectivity index (χ0n) is 11.2. The van der Waals surface area contributed by atoms with Crippen LogP contribution < -0.4 is 0 Å². The molecule has 1 amide bonds. The summed E-state index contributed by atoms with van der Waals surface area (Å²) in [7, 11) is 0. The number of hydrogen-bond acceptors (Lipinski definition) is 4. The molecule has 0 aromatic carbocycles. The molecule has 1 unspecified atom stereocenters. The summed E-state index contributed by atoms with van der Waals surface area (Å²) in [5, 5.41) is 9.37. The Hall–Kier alpha value is -1.62. The predicted molar refractivity (Wildman–Crippen MR) is 71.1 cm³/mol. The van der Waals surface area contributed by atoms with Crippen molar-refractivity contribution < 1.29 is 14.6 Å². The smallest absolute Gasteiger partial charge is 0.255 e. The molecule has 0 saturated carbocycles. The monoisotopic (exact) mass is 264 g/mol. The zero-order valence-corrected chi connectivity index (χ0v) is 11.2. The molecule has 19 heavy (non-hydrogen) atoms. The molecular weight excluding hydrogens is 244 g/mol. The van der Waals surface area contributed by atoms with Crippen LogP contribution in [0, 0.1) is 0 Å². The molecule has 1 aromatic heterocycles. The van der Waals surface area contributed by atoms with Gasteiger partial charge in [0.25, 0.3) is 5.91 Å². The Morgan fingerprint density at radius 1 is 1.58 bits per heavy atom. The van der Waals surface area contributed by atoms with Crippen LogP contribution in [0.15, 0.2) is 18.5 Å². The molecule has 0 radical (unpaired) electrons. The SMILES string of the molecule is CCCOC1CCCN(C(=O)c2cncc(O)c2)C1. The van der Waals surface area contributed by atoms with Crippen LogP contribution in [-0.4, -0.2) is 46.7 Å². The highest BCUT2D eigenvalue weighted by molar-refractivity contribution is 5.94. The van der Waals surface area contributed by atoms with Gasteiger partial charge in [-0.3, -0.25) is 9.78 Å². The quantitative estimate of drug-likeness (QED) is 0.901. The highest BCUT2D eigenvalue weighted by Gasteiger charge is 2.25. The van der Waals surface area contributed by atoms with E-state index in [1.165, 1.54) is 18.5 Å². The van der Waals surface area contributed by atoms with Gasteiger partial charge in [-0.25, -0.2) is 0 Å². The average molecular weight is 264 g/mol. The maximum Gasteiger partial charge on any atom is 0.255 e. The molecule has 1 aliphatic rings. The van der Waals surface area contributed by atoms with Gasteiger partial charge in [-0.05, 0) is 25.3 Å². The van der Waals surface area contributed by atoms with Crippen molar-refractivity contribution in [3.8, 4) is 5.75 Å². The number of likely N-dealkylation sites (tertiary alicyclic amines) is 1. The van der Waals surface area contributed by atoms with Gasteiger partial charge in [0.05, 0.1) is 17.9 Å². The number of ether oxygens (including phenoxy) is 1. The maximum absolute atomic E-state index is 12.3. The number of carbonyl (C=O) groups excluding carboxylic acids is 1. The predicted octanol–water partition coefficient (Wildman–Crippen LogP) is 1.82. The fraction of sp³-hybridized carbons (Fsp3) is 0.571. The van der Waals surface area contributed by atoms with E-state index < -0.39 is 0 Å². The summed E-state index contributed by atoms with van der Waals surface area (Å²) in [5.74, 6) is -0.0742. The third-order valence-electron chi connectivity index (χ3n) is 3.19. The highest BCUT2D eigenvalue weighted by atomic mass is 16.5. The second-order valence-electron chi connectivity index (χ2n) is 4.82. The minimum Gasteiger partial charge on any atom is -0.506 e. The molecule has 1 aliphatic heterocycles. The molecular formula is C14H20N2O3. The molecule has 1 atom stereocenters. The van der Waals surface area contributed by atoms with E-state index in [-0.39, 0.29) is 17.8 Å². The van der Waals surface area contributed by atoms with Crippen molar-refractivity contribution in [1.82, 2.24) is 9.88 Å². The Kier molecular flexibility index (Phi) is 4.74. The lowest BCUT2D eigenvalue weighted by Gasteiger charge is -2.32. The lowest BCUT2D eigenvalue weighted by Crippen LogP contribution is -2.43. The summed E-state index contributed by atoms with van der Waals surface area (Å²) in [6.07, 6.45) is 5.87. The fourth-order valence-electron chi connectivity index (χ4n) is 2.27. The van der Waals surface area contributed by atoms with Crippen molar-refractivity contribution in [2.45, 2.75) is 32.3 Å². The van der Waals surface area contributed by atoms with Crippen LogP contribution in [0.5, 0.6) is 5.75 Å². The molecule has 0 bridgehead atoms. The van der Waals surface area contributed by atoms with E-state index in [1.54, 1.807) is 4.90 Å². The topological polar surface area (TPSA) is 62.7 Å². The summed E-state index contributed by atoms with van der Waals surface area (Å²) in [5.41, 5.74) is 0.427. The molecule has 104 valence electrons. The second kappa shape index (κ2) is 6.52. The standard InChI is InChI=1S/C14H20N2O3/c1-2-6-19-13-4-3-5-16(10-13)14(18)11-7-12(17)9-15-8-11/h7-9,13,17H,2-6,10H2,1H3. The average Bonchev–Trinajstić information content (AvgIpc) is 2.44. The van der Waals surface area contributed by atoms with Crippen molar-refractivity contribution >= 4 is 5.91 Å². The molecule has 1 N–H and O–H groups in total. The molecule has 2 rings (SSSR count). The number of rotatable bonds is 4. The summed E-state index contributed by atoms with van der Waals surface area (Å²) < 4.78 is 5.71. The first-order valence-electron chi connectivity index (χ1n) is 6.75. The van der Waals surface area contributed by atoms with Gasteiger partial charge in [0, 0.05) is 25.9 Å². The van der Waals surface area contributed by atoms with Crippen molar-refractivity contribution in [3.05, 3.63) is 24.0 Å². The van der Waals surface area contributed by atoms with Crippen LogP contribution in [0.25, 0.3) is 0 Å². The van der Waals surface area contributed by atoms with E-state index in [4.69, 9.17) is 4.74 Å². The summed E-state index contributed by atoms with van der Waals surface area (Å²) in [4.78, 5) is 17.9. The number of carbonyl (C=O) groups is 1. The molecule has 5 nitrogen and oxygen atoms in total. The minimum atomic E-state index is -0.0896. The first-order valence-corrected chi connectivity index (χ1v) is 6.75. The molecule has 0 spiro atoms. The Morgan fingerprint density at radius 2 is 2.42 bits per heavy atom. The Balaban J connectivity index is 1.99. The van der Waals surface area contributed by atoms with Crippen molar-refractivity contribution in [2.75, 3.05) is 19.7 Å². The number of hydrogen-bond donors (Lipinski definition) is 1. The van der Waals surface area contributed by atoms with Crippen LogP contribution in [0.4, 0.5) is 0 Å². The fourth-order valence-corrected chi connectivity index (χ4v) is 2.27. The Morgan fingerprint density at radius 3 is 3.16 bits per heavy atom. The second-order valence-corrected chi connectivity index (χ2v) is 4.82. The van der Waals surface area contributed by atoms with E-state index in [9.17, 15) is 9.90 Å². The first-order chi connectivity index (χ1) is 9.20. The number of aromatic nitrogens is 1. The van der Waals surface area contributed by atoms with Crippen LogP contribution in [-0.2, 0) is 4.74 Å². The summed E-state index contributed by atoms with van der Waals surface area (Å²) >= 11 is 0. The van der Waals surface area contributed by atoms with Gasteiger partial charge in [0.1, 0.15) is 5.75 Å². The summed E-state index contributed by atoms with van der Waals surface area (Å²) in [6.45, 7) is 4.17. The van der Waals surface area contributed by atoms with Gasteiger partial charge in [-0.1, -0.05) is 6.92 Å². The van der Waals surface area contributed by atoms with Crippen LogP contribution in [0.1, 0.15) is 36.5 Å². The number of nitrogens with zero attached hydrogens (tertiary/aromatic N) is 2. The van der Waals surface area contributed by atoms with E-state index in [1.807, 2.05) is 0 Å². The van der Waals surface area contributed by atoms with Gasteiger partial charge in [-0.2, -0.15) is 0 Å². The molecule has 0 aliphatic carbocycles. The van der Waals surface area contributed by atoms with E-state index in [0.29, 0.717) is 12.1 Å². The van der Waals surface area contributed by atoms with Crippen LogP contribution in [0.2, 0.25) is 0 Å². The Labute approximate surface area is 113 Å². The molecule has 1 saturated heterocycles. The number of pyridine rings is 1. The van der Waals surface area contributed by atoms with E-state index >= 15 is 0 Å². The third-order valence-corrected chi connectivity index (χ3v) is 3.19. The maximum atomic E-state index is 12.3. The van der Waals surface area contributed by atoms with Gasteiger partial charge in [-0.15, -0.1) is 0 Å².